The Morgan fingerprint density at radius 3 is 2.62 bits per heavy atom. The number of likely N-dealkylation sites (tertiary alicyclic amines) is 1. The minimum absolute atomic E-state index is 0.373. The van der Waals surface area contributed by atoms with Crippen LogP contribution in [-0.4, -0.2) is 23.1 Å². The molecule has 0 aromatic heterocycles. The molecule has 1 aliphatic rings. The van der Waals surface area contributed by atoms with Crippen LogP contribution in [0.2, 0.25) is 0 Å². The number of aromatic hydroxyl groups is 1. The highest BCUT2D eigenvalue weighted by Crippen LogP contribution is 2.27. The van der Waals surface area contributed by atoms with Crippen LogP contribution in [0.25, 0.3) is 0 Å². The molecule has 1 fully saturated rings. The predicted molar refractivity (Wildman–Crippen MR) is 57.2 cm³/mol. The molecular weight excluding hydrogens is 207 g/mol. The van der Waals surface area contributed by atoms with E-state index in [9.17, 15) is 4.39 Å². The second kappa shape index (κ2) is 4.50. The second-order valence-electron chi connectivity index (χ2n) is 3.99. The third-order valence-electron chi connectivity index (χ3n) is 2.92. The van der Waals surface area contributed by atoms with E-state index in [4.69, 9.17) is 10.4 Å². The Morgan fingerprint density at radius 2 is 2.06 bits per heavy atom. The van der Waals surface area contributed by atoms with E-state index in [-0.39, 0.29) is 5.75 Å². The fourth-order valence-electron chi connectivity index (χ4n) is 2.06. The maximum Gasteiger partial charge on any atom is 0.165 e. The molecule has 3 nitrogen and oxygen atoms in total. The number of phenolic OH excluding ortho intramolecular Hbond substituents is 1. The van der Waals surface area contributed by atoms with E-state index in [2.05, 4.69) is 6.07 Å². The molecule has 1 saturated heterocycles. The summed E-state index contributed by atoms with van der Waals surface area (Å²) in [6, 6.07) is 5.92. The van der Waals surface area contributed by atoms with E-state index in [1.807, 2.05) is 4.90 Å². The maximum atomic E-state index is 13.2. The number of halogens is 1. The monoisotopic (exact) mass is 220 g/mol. The number of nitrogens with zero attached hydrogens (tertiary/aromatic N) is 2. The van der Waals surface area contributed by atoms with Gasteiger partial charge in [-0.25, -0.2) is 4.39 Å². The lowest BCUT2D eigenvalue weighted by Gasteiger charge is -2.21. The van der Waals surface area contributed by atoms with Crippen molar-refractivity contribution >= 4 is 0 Å². The van der Waals surface area contributed by atoms with Gasteiger partial charge in [-0.05, 0) is 43.6 Å². The lowest BCUT2D eigenvalue weighted by molar-refractivity contribution is 0.293. The van der Waals surface area contributed by atoms with Crippen molar-refractivity contribution in [2.45, 2.75) is 18.9 Å². The first-order valence-corrected chi connectivity index (χ1v) is 5.34. The third kappa shape index (κ3) is 2.00. The summed E-state index contributed by atoms with van der Waals surface area (Å²) < 4.78 is 13.2. The summed E-state index contributed by atoms with van der Waals surface area (Å²) in [5.74, 6) is -1.04. The number of phenols is 1. The molecule has 1 N–H and O–H groups in total. The average Bonchev–Trinajstić information content (AvgIpc) is 2.78. The zero-order valence-electron chi connectivity index (χ0n) is 8.86. The Labute approximate surface area is 93.7 Å². The highest BCUT2D eigenvalue weighted by atomic mass is 19.1. The first-order chi connectivity index (χ1) is 7.72. The molecule has 0 bridgehead atoms. The van der Waals surface area contributed by atoms with Gasteiger partial charge in [0.2, 0.25) is 0 Å². The maximum absolute atomic E-state index is 13.2. The Balaban J connectivity index is 2.26. The zero-order valence-corrected chi connectivity index (χ0v) is 8.86. The minimum atomic E-state index is -0.669. The van der Waals surface area contributed by atoms with Crippen LogP contribution in [0.3, 0.4) is 0 Å². The van der Waals surface area contributed by atoms with Gasteiger partial charge >= 0.3 is 0 Å². The van der Waals surface area contributed by atoms with Gasteiger partial charge in [0.25, 0.3) is 0 Å². The molecular formula is C12H13FN2O. The summed E-state index contributed by atoms with van der Waals surface area (Å²) in [6.07, 6.45) is 2.16. The molecule has 2 rings (SSSR count). The zero-order chi connectivity index (χ0) is 11.5. The van der Waals surface area contributed by atoms with Crippen molar-refractivity contribution in [2.24, 2.45) is 0 Å². The molecule has 1 unspecified atom stereocenters. The van der Waals surface area contributed by atoms with E-state index in [1.54, 1.807) is 6.07 Å². The number of benzene rings is 1. The van der Waals surface area contributed by atoms with E-state index in [0.717, 1.165) is 25.9 Å². The smallest absolute Gasteiger partial charge is 0.165 e. The summed E-state index contributed by atoms with van der Waals surface area (Å²) in [4.78, 5) is 2.03. The van der Waals surface area contributed by atoms with Gasteiger partial charge in [0.1, 0.15) is 6.04 Å². The summed E-state index contributed by atoms with van der Waals surface area (Å²) in [7, 11) is 0. The summed E-state index contributed by atoms with van der Waals surface area (Å²) in [5, 5.41) is 18.2. The van der Waals surface area contributed by atoms with Crippen molar-refractivity contribution in [1.82, 2.24) is 4.90 Å². The number of hydrogen-bond acceptors (Lipinski definition) is 3. The average molecular weight is 220 g/mol. The van der Waals surface area contributed by atoms with Gasteiger partial charge in [-0.2, -0.15) is 5.26 Å². The molecule has 16 heavy (non-hydrogen) atoms. The van der Waals surface area contributed by atoms with Crippen LogP contribution in [0.4, 0.5) is 4.39 Å². The van der Waals surface area contributed by atoms with E-state index in [0.29, 0.717) is 5.56 Å². The van der Waals surface area contributed by atoms with Gasteiger partial charge < -0.3 is 5.11 Å². The van der Waals surface area contributed by atoms with Gasteiger partial charge in [-0.3, -0.25) is 4.90 Å². The van der Waals surface area contributed by atoms with Gasteiger partial charge in [0, 0.05) is 0 Å². The largest absolute Gasteiger partial charge is 0.505 e. The first kappa shape index (κ1) is 10.9. The molecule has 0 saturated carbocycles. The van der Waals surface area contributed by atoms with E-state index >= 15 is 0 Å². The molecule has 0 spiro atoms. The molecule has 1 atom stereocenters. The highest BCUT2D eigenvalue weighted by molar-refractivity contribution is 5.32. The van der Waals surface area contributed by atoms with Crippen LogP contribution in [0.15, 0.2) is 18.2 Å². The van der Waals surface area contributed by atoms with Gasteiger partial charge in [0.05, 0.1) is 6.07 Å². The lowest BCUT2D eigenvalue weighted by atomic mass is 10.1. The Kier molecular flexibility index (Phi) is 3.07. The molecule has 4 heteroatoms. The Hall–Kier alpha value is -1.60. The van der Waals surface area contributed by atoms with Crippen LogP contribution >= 0.6 is 0 Å². The number of nitriles is 1. The summed E-state index contributed by atoms with van der Waals surface area (Å²) in [6.45, 7) is 1.75. The second-order valence-corrected chi connectivity index (χ2v) is 3.99. The molecule has 1 aromatic carbocycles. The van der Waals surface area contributed by atoms with Crippen LogP contribution in [0.5, 0.6) is 5.75 Å². The quantitative estimate of drug-likeness (QED) is 0.831. The fourth-order valence-corrected chi connectivity index (χ4v) is 2.06. The number of hydrogen-bond donors (Lipinski definition) is 1. The van der Waals surface area contributed by atoms with E-state index in [1.165, 1.54) is 12.1 Å². The standard InChI is InChI=1S/C12H13FN2O/c13-10-7-9(3-4-12(10)16)11(8-14)15-5-1-2-6-15/h3-4,7,11,16H,1-2,5-6H2. The van der Waals surface area contributed by atoms with Crippen molar-refractivity contribution in [3.05, 3.63) is 29.6 Å². The summed E-state index contributed by atoms with van der Waals surface area (Å²) in [5.41, 5.74) is 0.611. The van der Waals surface area contributed by atoms with Crippen LogP contribution in [-0.2, 0) is 0 Å². The molecule has 0 amide bonds. The Morgan fingerprint density at radius 1 is 1.38 bits per heavy atom. The molecule has 1 heterocycles. The predicted octanol–water partition coefficient (Wildman–Crippen LogP) is 2.19. The van der Waals surface area contributed by atoms with Crippen molar-refractivity contribution in [3.8, 4) is 11.8 Å². The van der Waals surface area contributed by atoms with Crippen molar-refractivity contribution in [3.63, 3.8) is 0 Å². The minimum Gasteiger partial charge on any atom is -0.505 e. The van der Waals surface area contributed by atoms with Crippen molar-refractivity contribution in [2.75, 3.05) is 13.1 Å². The molecule has 0 radical (unpaired) electrons. The molecule has 1 aromatic rings. The van der Waals surface area contributed by atoms with Gasteiger partial charge in [0.15, 0.2) is 11.6 Å². The molecule has 0 aliphatic carbocycles. The summed E-state index contributed by atoms with van der Waals surface area (Å²) >= 11 is 0. The Bertz CT molecular complexity index is 422. The topological polar surface area (TPSA) is 47.3 Å². The normalized spacial score (nSPS) is 18.2. The number of rotatable bonds is 2. The fraction of sp³-hybridized carbons (Fsp3) is 0.417. The molecule has 1 aliphatic heterocycles. The SMILES string of the molecule is N#CC(c1ccc(O)c(F)c1)N1CCCC1. The van der Waals surface area contributed by atoms with Crippen LogP contribution < -0.4 is 0 Å². The third-order valence-corrected chi connectivity index (χ3v) is 2.92. The van der Waals surface area contributed by atoms with Gasteiger partial charge in [-0.1, -0.05) is 6.07 Å². The van der Waals surface area contributed by atoms with Crippen molar-refractivity contribution < 1.29 is 9.50 Å². The van der Waals surface area contributed by atoms with Crippen LogP contribution in [0, 0.1) is 17.1 Å². The van der Waals surface area contributed by atoms with Crippen LogP contribution in [0.1, 0.15) is 24.4 Å². The first-order valence-electron chi connectivity index (χ1n) is 5.34. The van der Waals surface area contributed by atoms with E-state index < -0.39 is 11.9 Å². The van der Waals surface area contributed by atoms with Crippen molar-refractivity contribution in [1.29, 1.82) is 5.26 Å². The lowest BCUT2D eigenvalue weighted by Crippen LogP contribution is -2.24. The highest BCUT2D eigenvalue weighted by Gasteiger charge is 2.23. The van der Waals surface area contributed by atoms with Gasteiger partial charge in [-0.15, -0.1) is 0 Å². The molecule has 84 valence electrons.